The molecule has 0 bridgehead atoms. The summed E-state index contributed by atoms with van der Waals surface area (Å²) in [6.45, 7) is 5.29. The largest absolute Gasteiger partial charge is 0.494 e. The molecule has 0 aromatic heterocycles. The van der Waals surface area contributed by atoms with Gasteiger partial charge in [-0.15, -0.1) is 0 Å². The topological polar surface area (TPSA) is 127 Å². The number of rotatable bonds is 15. The SMILES string of the molecule is CC(C)CN(C[C@@H](O)[C@H](Cc1ccc(OCCCc2ccc(F)cc2)cc1)NC(=O)O[C@H]1CO[C@H]2OCC[C@H]21)S(=O)O. The lowest BCUT2D eigenvalue weighted by molar-refractivity contribution is -0.0907. The van der Waals surface area contributed by atoms with E-state index in [-0.39, 0.29) is 43.5 Å². The minimum atomic E-state index is -2.28. The molecule has 42 heavy (non-hydrogen) atoms. The molecule has 2 aromatic carbocycles. The summed E-state index contributed by atoms with van der Waals surface area (Å²) in [7, 11) is 0. The first-order valence-corrected chi connectivity index (χ1v) is 15.4. The molecule has 12 heteroatoms. The first-order valence-electron chi connectivity index (χ1n) is 14.4. The molecule has 2 aliphatic heterocycles. The fourth-order valence-electron chi connectivity index (χ4n) is 5.19. The number of nitrogens with zero attached hydrogens (tertiary/aromatic N) is 1. The van der Waals surface area contributed by atoms with Crippen LogP contribution in [0.4, 0.5) is 9.18 Å². The Morgan fingerprint density at radius 2 is 1.83 bits per heavy atom. The lowest BCUT2D eigenvalue weighted by Crippen LogP contribution is -2.51. The Balaban J connectivity index is 1.34. The summed E-state index contributed by atoms with van der Waals surface area (Å²) in [5.41, 5.74) is 1.87. The highest BCUT2D eigenvalue weighted by Gasteiger charge is 2.44. The van der Waals surface area contributed by atoms with Crippen LogP contribution in [0.25, 0.3) is 0 Å². The zero-order valence-electron chi connectivity index (χ0n) is 24.0. The van der Waals surface area contributed by atoms with Gasteiger partial charge < -0.3 is 29.4 Å². The molecule has 1 unspecified atom stereocenters. The van der Waals surface area contributed by atoms with Crippen molar-refractivity contribution in [2.75, 3.05) is 32.9 Å². The van der Waals surface area contributed by atoms with Crippen molar-refractivity contribution in [3.8, 4) is 5.75 Å². The van der Waals surface area contributed by atoms with Crippen LogP contribution in [0.15, 0.2) is 48.5 Å². The second kappa shape index (κ2) is 15.7. The number of hydrogen-bond donors (Lipinski definition) is 3. The maximum Gasteiger partial charge on any atom is 0.407 e. The van der Waals surface area contributed by atoms with Gasteiger partial charge in [-0.05, 0) is 67.0 Å². The molecule has 2 aliphatic rings. The third-order valence-electron chi connectivity index (χ3n) is 7.36. The van der Waals surface area contributed by atoms with Crippen LogP contribution in [-0.2, 0) is 38.3 Å². The van der Waals surface area contributed by atoms with E-state index < -0.39 is 35.6 Å². The maximum atomic E-state index is 13.1. The quantitative estimate of drug-likeness (QED) is 0.207. The van der Waals surface area contributed by atoms with Crippen molar-refractivity contribution >= 4 is 17.4 Å². The van der Waals surface area contributed by atoms with Gasteiger partial charge in [-0.25, -0.2) is 13.4 Å². The second-order valence-electron chi connectivity index (χ2n) is 11.2. The fraction of sp³-hybridized carbons (Fsp3) is 0.567. The van der Waals surface area contributed by atoms with Gasteiger partial charge in [0.1, 0.15) is 17.7 Å². The van der Waals surface area contributed by atoms with Crippen molar-refractivity contribution in [2.45, 2.75) is 64.1 Å². The summed E-state index contributed by atoms with van der Waals surface area (Å²) in [6.07, 6.45) is -0.124. The van der Waals surface area contributed by atoms with E-state index >= 15 is 0 Å². The van der Waals surface area contributed by atoms with Gasteiger partial charge in [-0.2, -0.15) is 4.31 Å². The molecule has 0 radical (unpaired) electrons. The average molecular weight is 609 g/mol. The van der Waals surface area contributed by atoms with Gasteiger partial charge in [-0.1, -0.05) is 38.1 Å². The zero-order chi connectivity index (χ0) is 30.1. The lowest BCUT2D eigenvalue weighted by Gasteiger charge is -2.29. The van der Waals surface area contributed by atoms with Gasteiger partial charge in [0.15, 0.2) is 6.29 Å². The molecule has 2 heterocycles. The summed E-state index contributed by atoms with van der Waals surface area (Å²) >= 11 is -2.28. The van der Waals surface area contributed by atoms with Crippen LogP contribution in [0.5, 0.6) is 5.75 Å². The third kappa shape index (κ3) is 9.72. The Labute approximate surface area is 248 Å². The minimum absolute atomic E-state index is 0.0271. The van der Waals surface area contributed by atoms with E-state index in [9.17, 15) is 23.1 Å². The summed E-state index contributed by atoms with van der Waals surface area (Å²) in [4.78, 5) is 12.9. The van der Waals surface area contributed by atoms with Crippen LogP contribution in [0, 0.1) is 17.7 Å². The average Bonchev–Trinajstić information content (AvgIpc) is 3.57. The van der Waals surface area contributed by atoms with Crippen LogP contribution in [0.1, 0.15) is 37.8 Å². The molecule has 4 rings (SSSR count). The molecule has 6 atom stereocenters. The van der Waals surface area contributed by atoms with Crippen molar-refractivity contribution < 1.29 is 42.0 Å². The highest BCUT2D eigenvalue weighted by atomic mass is 32.2. The van der Waals surface area contributed by atoms with Crippen LogP contribution in [0.3, 0.4) is 0 Å². The van der Waals surface area contributed by atoms with Crippen LogP contribution >= 0.6 is 0 Å². The van der Waals surface area contributed by atoms with E-state index in [0.29, 0.717) is 25.5 Å². The molecule has 2 saturated heterocycles. The van der Waals surface area contributed by atoms with E-state index in [1.807, 2.05) is 38.1 Å². The molecule has 2 aromatic rings. The normalized spacial score (nSPS) is 22.1. The Kier molecular flexibility index (Phi) is 12.1. The number of aliphatic hydroxyl groups excluding tert-OH is 1. The summed E-state index contributed by atoms with van der Waals surface area (Å²) in [6, 6.07) is 13.0. The first kappa shape index (κ1) is 32.3. The van der Waals surface area contributed by atoms with Crippen LogP contribution in [-0.4, -0.2) is 81.7 Å². The highest BCUT2D eigenvalue weighted by molar-refractivity contribution is 7.76. The number of aliphatic hydroxyl groups is 1. The molecule has 232 valence electrons. The summed E-state index contributed by atoms with van der Waals surface area (Å²) in [5, 5.41) is 13.9. The predicted octanol–water partition coefficient (Wildman–Crippen LogP) is 3.69. The number of carbonyl (C=O) groups is 1. The standard InChI is InChI=1S/C30H41FN2O8S/c1-20(2)17-33(42(36)37)18-27(34)26(32-30(35)41-28-19-40-29-25(28)13-15-39-29)16-22-7-11-24(12-8-22)38-14-3-4-21-5-9-23(31)10-6-21/h5-12,20,25-29,34H,3-4,13-19H2,1-2H3,(H,32,35)(H,36,37)/t25-,26-,27+,28-,29+/m0/s1. The van der Waals surface area contributed by atoms with E-state index in [2.05, 4.69) is 5.32 Å². The van der Waals surface area contributed by atoms with Gasteiger partial charge >= 0.3 is 6.09 Å². The predicted molar refractivity (Wildman–Crippen MR) is 155 cm³/mol. The molecular weight excluding hydrogens is 567 g/mol. The van der Waals surface area contributed by atoms with E-state index in [1.165, 1.54) is 16.4 Å². The molecule has 0 aliphatic carbocycles. The minimum Gasteiger partial charge on any atom is -0.494 e. The first-order chi connectivity index (χ1) is 20.2. The monoisotopic (exact) mass is 608 g/mol. The number of alkyl carbamates (subject to hydrolysis) is 1. The Hall–Kier alpha value is -2.61. The number of amides is 1. The molecule has 3 N–H and O–H groups in total. The second-order valence-corrected chi connectivity index (χ2v) is 12.2. The smallest absolute Gasteiger partial charge is 0.407 e. The number of fused-ring (bicyclic) bond motifs is 1. The van der Waals surface area contributed by atoms with Crippen molar-refractivity contribution in [1.82, 2.24) is 9.62 Å². The van der Waals surface area contributed by atoms with Crippen molar-refractivity contribution in [3.05, 3.63) is 65.5 Å². The highest BCUT2D eigenvalue weighted by Crippen LogP contribution is 2.33. The number of nitrogens with one attached hydrogen (secondary N) is 1. The molecular formula is C30H41FN2O8S. The molecule has 0 saturated carbocycles. The van der Waals surface area contributed by atoms with Crippen molar-refractivity contribution in [1.29, 1.82) is 0 Å². The van der Waals surface area contributed by atoms with Crippen LogP contribution < -0.4 is 10.1 Å². The molecule has 10 nitrogen and oxygen atoms in total. The maximum absolute atomic E-state index is 13.1. The Morgan fingerprint density at radius 3 is 2.52 bits per heavy atom. The number of aryl methyl sites for hydroxylation is 1. The van der Waals surface area contributed by atoms with E-state index in [4.69, 9.17) is 18.9 Å². The molecule has 0 spiro atoms. The fourth-order valence-corrected chi connectivity index (χ4v) is 5.90. The van der Waals surface area contributed by atoms with Crippen molar-refractivity contribution in [3.63, 3.8) is 0 Å². The van der Waals surface area contributed by atoms with Gasteiger partial charge in [0.05, 0.1) is 37.9 Å². The zero-order valence-corrected chi connectivity index (χ0v) is 24.8. The van der Waals surface area contributed by atoms with E-state index in [0.717, 1.165) is 30.4 Å². The van der Waals surface area contributed by atoms with Gasteiger partial charge in [-0.3, -0.25) is 4.55 Å². The number of benzene rings is 2. The molecule has 1 amide bonds. The molecule has 2 fully saturated rings. The Bertz CT molecular complexity index is 1150. The number of ether oxygens (including phenoxy) is 4. The number of hydrogen-bond acceptors (Lipinski definition) is 7. The Morgan fingerprint density at radius 1 is 1.12 bits per heavy atom. The summed E-state index contributed by atoms with van der Waals surface area (Å²) in [5.74, 6) is 0.488. The number of halogens is 1. The van der Waals surface area contributed by atoms with Crippen LogP contribution in [0.2, 0.25) is 0 Å². The van der Waals surface area contributed by atoms with Gasteiger partial charge in [0.25, 0.3) is 0 Å². The third-order valence-corrected chi connectivity index (χ3v) is 8.10. The number of carbonyl (C=O) groups excluding carboxylic acids is 1. The van der Waals surface area contributed by atoms with E-state index in [1.54, 1.807) is 12.1 Å². The van der Waals surface area contributed by atoms with Gasteiger partial charge in [0.2, 0.25) is 11.3 Å². The van der Waals surface area contributed by atoms with Gasteiger partial charge in [0, 0.05) is 13.1 Å². The lowest BCUT2D eigenvalue weighted by atomic mass is 10.0. The van der Waals surface area contributed by atoms with Crippen molar-refractivity contribution in [2.24, 2.45) is 11.8 Å². The summed E-state index contributed by atoms with van der Waals surface area (Å²) < 4.78 is 58.5.